The SMILES string of the molecule is CC(C)(C)c1ccc(-c2nc3s/c(=C/c4ccc(I)cc4)c(=O)n3n2)cc1. The molecule has 0 aliphatic carbocycles. The Bertz CT molecular complexity index is 1220. The van der Waals surface area contributed by atoms with Gasteiger partial charge in [0.05, 0.1) is 4.53 Å². The number of nitrogens with zero attached hydrogens (tertiary/aromatic N) is 3. The van der Waals surface area contributed by atoms with Crippen LogP contribution in [0.4, 0.5) is 0 Å². The van der Waals surface area contributed by atoms with E-state index in [1.807, 2.05) is 42.5 Å². The minimum Gasteiger partial charge on any atom is -0.266 e. The molecule has 4 aromatic rings. The number of hydrogen-bond acceptors (Lipinski definition) is 4. The summed E-state index contributed by atoms with van der Waals surface area (Å²) in [5.74, 6) is 0.583. The lowest BCUT2D eigenvalue weighted by Crippen LogP contribution is -2.23. The van der Waals surface area contributed by atoms with Crippen molar-refractivity contribution >= 4 is 45.0 Å². The molecule has 6 heteroatoms. The van der Waals surface area contributed by atoms with Crippen LogP contribution < -0.4 is 10.1 Å². The lowest BCUT2D eigenvalue weighted by atomic mass is 9.87. The fraction of sp³-hybridized carbons (Fsp3) is 0.190. The van der Waals surface area contributed by atoms with Crippen molar-refractivity contribution in [1.29, 1.82) is 0 Å². The van der Waals surface area contributed by atoms with E-state index >= 15 is 0 Å². The zero-order valence-electron chi connectivity index (χ0n) is 15.2. The Balaban J connectivity index is 1.72. The van der Waals surface area contributed by atoms with Crippen LogP contribution in [0.5, 0.6) is 0 Å². The lowest BCUT2D eigenvalue weighted by molar-refractivity contribution is 0.590. The first-order valence-electron chi connectivity index (χ1n) is 8.59. The average Bonchev–Trinajstić information content (AvgIpc) is 3.16. The summed E-state index contributed by atoms with van der Waals surface area (Å²) in [6.45, 7) is 6.55. The summed E-state index contributed by atoms with van der Waals surface area (Å²) in [6, 6.07) is 16.3. The summed E-state index contributed by atoms with van der Waals surface area (Å²) in [6.07, 6.45) is 1.89. The maximum Gasteiger partial charge on any atom is 0.291 e. The van der Waals surface area contributed by atoms with Crippen LogP contribution in [0, 0.1) is 3.57 Å². The molecule has 0 aliphatic heterocycles. The van der Waals surface area contributed by atoms with Crippen LogP contribution in [0.25, 0.3) is 22.4 Å². The Hall–Kier alpha value is -2.06. The number of benzene rings is 2. The summed E-state index contributed by atoms with van der Waals surface area (Å²) < 4.78 is 3.20. The van der Waals surface area contributed by atoms with Crippen LogP contribution in [-0.4, -0.2) is 14.6 Å². The smallest absolute Gasteiger partial charge is 0.266 e. The van der Waals surface area contributed by atoms with Crippen molar-refractivity contribution in [3.8, 4) is 11.4 Å². The Morgan fingerprint density at radius 3 is 2.30 bits per heavy atom. The van der Waals surface area contributed by atoms with Crippen molar-refractivity contribution in [3.05, 3.63) is 78.1 Å². The molecule has 0 unspecified atom stereocenters. The standard InChI is InChI=1S/C21H18IN3OS/c1-21(2,3)15-8-6-14(7-9-15)18-23-20-25(24-18)19(26)17(27-20)12-13-4-10-16(22)11-5-13/h4-12H,1-3H3/b17-12+. The van der Waals surface area contributed by atoms with Crippen LogP contribution in [0.15, 0.2) is 53.3 Å². The van der Waals surface area contributed by atoms with Crippen molar-refractivity contribution in [2.45, 2.75) is 26.2 Å². The quantitative estimate of drug-likeness (QED) is 0.397. The largest absolute Gasteiger partial charge is 0.291 e. The van der Waals surface area contributed by atoms with Gasteiger partial charge < -0.3 is 0 Å². The van der Waals surface area contributed by atoms with E-state index in [2.05, 4.69) is 65.6 Å². The maximum absolute atomic E-state index is 12.7. The zero-order chi connectivity index (χ0) is 19.2. The topological polar surface area (TPSA) is 47.3 Å². The Kier molecular flexibility index (Phi) is 4.63. The first kappa shape index (κ1) is 18.3. The van der Waals surface area contributed by atoms with Gasteiger partial charge >= 0.3 is 0 Å². The van der Waals surface area contributed by atoms with Crippen LogP contribution in [-0.2, 0) is 5.41 Å². The molecule has 0 spiro atoms. The normalized spacial score (nSPS) is 12.8. The molecule has 0 fully saturated rings. The molecule has 0 aliphatic rings. The summed E-state index contributed by atoms with van der Waals surface area (Å²) in [5, 5.41) is 4.43. The van der Waals surface area contributed by atoms with Gasteiger partial charge in [-0.3, -0.25) is 4.79 Å². The molecule has 0 saturated heterocycles. The van der Waals surface area contributed by atoms with Crippen molar-refractivity contribution in [3.63, 3.8) is 0 Å². The average molecular weight is 487 g/mol. The van der Waals surface area contributed by atoms with Crippen molar-refractivity contribution < 1.29 is 0 Å². The summed E-state index contributed by atoms with van der Waals surface area (Å²) in [5.41, 5.74) is 3.14. The second-order valence-corrected chi connectivity index (χ2v) is 9.68. The Morgan fingerprint density at radius 1 is 1.04 bits per heavy atom. The first-order chi connectivity index (χ1) is 12.8. The third-order valence-corrected chi connectivity index (χ3v) is 6.04. The molecule has 2 heterocycles. The number of thiazole rings is 1. The molecular weight excluding hydrogens is 469 g/mol. The van der Waals surface area contributed by atoms with Gasteiger partial charge in [-0.2, -0.15) is 9.50 Å². The van der Waals surface area contributed by atoms with Crippen LogP contribution >= 0.6 is 33.9 Å². The molecule has 2 aromatic heterocycles. The molecule has 27 heavy (non-hydrogen) atoms. The van der Waals surface area contributed by atoms with E-state index in [0.717, 1.165) is 14.7 Å². The zero-order valence-corrected chi connectivity index (χ0v) is 18.2. The predicted molar refractivity (Wildman–Crippen MR) is 119 cm³/mol. The molecule has 4 nitrogen and oxygen atoms in total. The predicted octanol–water partition coefficient (Wildman–Crippen LogP) is 4.27. The van der Waals surface area contributed by atoms with Gasteiger partial charge in [-0.05, 0) is 57.3 Å². The highest BCUT2D eigenvalue weighted by Crippen LogP contribution is 2.25. The van der Waals surface area contributed by atoms with Crippen molar-refractivity contribution in [2.75, 3.05) is 0 Å². The van der Waals surface area contributed by atoms with E-state index in [0.29, 0.717) is 15.3 Å². The summed E-state index contributed by atoms with van der Waals surface area (Å²) in [7, 11) is 0. The van der Waals surface area contributed by atoms with Gasteiger partial charge in [0.25, 0.3) is 5.56 Å². The highest BCUT2D eigenvalue weighted by atomic mass is 127. The molecule has 4 rings (SSSR count). The van der Waals surface area contributed by atoms with E-state index in [1.54, 1.807) is 0 Å². The van der Waals surface area contributed by atoms with E-state index in [1.165, 1.54) is 21.4 Å². The summed E-state index contributed by atoms with van der Waals surface area (Å²) in [4.78, 5) is 17.8. The van der Waals surface area contributed by atoms with E-state index in [9.17, 15) is 4.79 Å². The third kappa shape index (κ3) is 3.68. The highest BCUT2D eigenvalue weighted by molar-refractivity contribution is 14.1. The second kappa shape index (κ2) is 6.83. The number of aromatic nitrogens is 3. The molecule has 0 amide bonds. The molecule has 0 saturated carbocycles. The molecule has 0 radical (unpaired) electrons. The van der Waals surface area contributed by atoms with Gasteiger partial charge in [-0.1, -0.05) is 68.5 Å². The molecule has 0 atom stereocenters. The van der Waals surface area contributed by atoms with Crippen LogP contribution in [0.2, 0.25) is 0 Å². The molecule has 0 bridgehead atoms. The molecule has 0 N–H and O–H groups in total. The van der Waals surface area contributed by atoms with Gasteiger partial charge in [0, 0.05) is 9.13 Å². The second-order valence-electron chi connectivity index (χ2n) is 7.42. The Labute approximate surface area is 174 Å². The van der Waals surface area contributed by atoms with Crippen LogP contribution in [0.1, 0.15) is 31.9 Å². The fourth-order valence-corrected chi connectivity index (χ4v) is 4.05. The molecule has 2 aromatic carbocycles. The van der Waals surface area contributed by atoms with Gasteiger partial charge in [-0.15, -0.1) is 5.10 Å². The number of rotatable bonds is 2. The van der Waals surface area contributed by atoms with Crippen molar-refractivity contribution in [1.82, 2.24) is 14.6 Å². The van der Waals surface area contributed by atoms with E-state index < -0.39 is 0 Å². The van der Waals surface area contributed by atoms with Gasteiger partial charge in [0.1, 0.15) is 0 Å². The van der Waals surface area contributed by atoms with Crippen molar-refractivity contribution in [2.24, 2.45) is 0 Å². The number of fused-ring (bicyclic) bond motifs is 1. The van der Waals surface area contributed by atoms with Gasteiger partial charge in [-0.25, -0.2) is 0 Å². The maximum atomic E-state index is 12.7. The van der Waals surface area contributed by atoms with Gasteiger partial charge in [0.15, 0.2) is 5.82 Å². The highest BCUT2D eigenvalue weighted by Gasteiger charge is 2.15. The monoisotopic (exact) mass is 487 g/mol. The third-order valence-electron chi connectivity index (χ3n) is 4.36. The minimum absolute atomic E-state index is 0.100. The minimum atomic E-state index is -0.126. The first-order valence-corrected chi connectivity index (χ1v) is 10.5. The van der Waals surface area contributed by atoms with Crippen LogP contribution in [0.3, 0.4) is 0 Å². The summed E-state index contributed by atoms with van der Waals surface area (Å²) >= 11 is 3.63. The van der Waals surface area contributed by atoms with Gasteiger partial charge in [0.2, 0.25) is 4.96 Å². The molecule has 136 valence electrons. The van der Waals surface area contributed by atoms with E-state index in [-0.39, 0.29) is 11.0 Å². The number of halogens is 1. The number of hydrogen-bond donors (Lipinski definition) is 0. The Morgan fingerprint density at radius 2 is 1.70 bits per heavy atom. The lowest BCUT2D eigenvalue weighted by Gasteiger charge is -2.18. The molecular formula is C21H18IN3OS. The van der Waals surface area contributed by atoms with E-state index in [4.69, 9.17) is 0 Å². The fourth-order valence-electron chi connectivity index (χ4n) is 2.79.